The van der Waals surface area contributed by atoms with Gasteiger partial charge in [0, 0.05) is 23.1 Å². The molecule has 0 saturated heterocycles. The highest BCUT2D eigenvalue weighted by Gasteiger charge is 2.07. The Labute approximate surface area is 126 Å². The maximum absolute atomic E-state index is 5.48. The Morgan fingerprint density at radius 2 is 1.90 bits per heavy atom. The number of fused-ring (bicyclic) bond motifs is 1. The van der Waals surface area contributed by atoms with Crippen LogP contribution >= 0.6 is 15.9 Å². The Hall–Kier alpha value is -1.81. The van der Waals surface area contributed by atoms with Gasteiger partial charge in [-0.3, -0.25) is 0 Å². The van der Waals surface area contributed by atoms with Crippen LogP contribution in [0.4, 0.5) is 5.69 Å². The standard InChI is InChI=1S/C16H15BrN2O/c1-10(12-3-5-13(17)6-4-12)18-14-7-8-16-15(9-14)19-11(2)20-16/h3-10,18H,1-2H3. The van der Waals surface area contributed by atoms with Crippen molar-refractivity contribution >= 4 is 32.7 Å². The second-order valence-corrected chi connectivity index (χ2v) is 5.75. The third-order valence-electron chi connectivity index (χ3n) is 3.25. The molecule has 0 saturated carbocycles. The Balaban J connectivity index is 1.82. The number of rotatable bonds is 3. The number of aryl methyl sites for hydroxylation is 1. The molecule has 102 valence electrons. The highest BCUT2D eigenvalue weighted by atomic mass is 79.9. The lowest BCUT2D eigenvalue weighted by atomic mass is 10.1. The van der Waals surface area contributed by atoms with Crippen LogP contribution < -0.4 is 5.32 Å². The lowest BCUT2D eigenvalue weighted by Gasteiger charge is -2.15. The molecule has 0 amide bonds. The highest BCUT2D eigenvalue weighted by Crippen LogP contribution is 2.24. The van der Waals surface area contributed by atoms with Crippen LogP contribution in [0.15, 0.2) is 51.4 Å². The minimum atomic E-state index is 0.230. The van der Waals surface area contributed by atoms with Gasteiger partial charge in [-0.2, -0.15) is 0 Å². The monoisotopic (exact) mass is 330 g/mol. The number of aromatic nitrogens is 1. The molecule has 0 aliphatic heterocycles. The van der Waals surface area contributed by atoms with Crippen LogP contribution in [0.1, 0.15) is 24.4 Å². The lowest BCUT2D eigenvalue weighted by Crippen LogP contribution is -2.06. The van der Waals surface area contributed by atoms with Gasteiger partial charge in [-0.25, -0.2) is 4.98 Å². The summed E-state index contributed by atoms with van der Waals surface area (Å²) in [7, 11) is 0. The van der Waals surface area contributed by atoms with E-state index in [-0.39, 0.29) is 6.04 Å². The van der Waals surface area contributed by atoms with Crippen molar-refractivity contribution in [1.82, 2.24) is 4.98 Å². The summed E-state index contributed by atoms with van der Waals surface area (Å²) in [6.45, 7) is 4.00. The molecule has 2 aromatic carbocycles. The lowest BCUT2D eigenvalue weighted by molar-refractivity contribution is 0.561. The van der Waals surface area contributed by atoms with Crippen molar-refractivity contribution < 1.29 is 4.42 Å². The van der Waals surface area contributed by atoms with E-state index >= 15 is 0 Å². The Kier molecular flexibility index (Phi) is 3.49. The third kappa shape index (κ3) is 2.70. The number of hydrogen-bond donors (Lipinski definition) is 1. The topological polar surface area (TPSA) is 38.1 Å². The van der Waals surface area contributed by atoms with Gasteiger partial charge in [-0.1, -0.05) is 28.1 Å². The summed E-state index contributed by atoms with van der Waals surface area (Å²) in [6, 6.07) is 14.5. The molecule has 20 heavy (non-hydrogen) atoms. The zero-order chi connectivity index (χ0) is 14.1. The predicted molar refractivity (Wildman–Crippen MR) is 84.9 cm³/mol. The van der Waals surface area contributed by atoms with Gasteiger partial charge in [-0.05, 0) is 42.8 Å². The van der Waals surface area contributed by atoms with E-state index in [4.69, 9.17) is 4.42 Å². The number of hydrogen-bond acceptors (Lipinski definition) is 3. The molecule has 3 aromatic rings. The normalized spacial score (nSPS) is 12.6. The maximum Gasteiger partial charge on any atom is 0.192 e. The van der Waals surface area contributed by atoms with E-state index < -0.39 is 0 Å². The van der Waals surface area contributed by atoms with Crippen molar-refractivity contribution in [2.45, 2.75) is 19.9 Å². The number of anilines is 1. The summed E-state index contributed by atoms with van der Waals surface area (Å²) < 4.78 is 6.57. The minimum Gasteiger partial charge on any atom is -0.441 e. The summed E-state index contributed by atoms with van der Waals surface area (Å²) in [5.41, 5.74) is 3.99. The van der Waals surface area contributed by atoms with Crippen LogP contribution in [0.3, 0.4) is 0 Å². The fraction of sp³-hybridized carbons (Fsp3) is 0.188. The molecule has 1 atom stereocenters. The summed E-state index contributed by atoms with van der Waals surface area (Å²) in [6.07, 6.45) is 0. The average molecular weight is 331 g/mol. The molecule has 0 aliphatic rings. The number of nitrogens with one attached hydrogen (secondary N) is 1. The van der Waals surface area contributed by atoms with Gasteiger partial charge >= 0.3 is 0 Å². The van der Waals surface area contributed by atoms with Gasteiger partial charge in [0.25, 0.3) is 0 Å². The predicted octanol–water partition coefficient (Wildman–Crippen LogP) is 5.07. The van der Waals surface area contributed by atoms with Crippen LogP contribution in [0, 0.1) is 6.92 Å². The first-order valence-corrected chi connectivity index (χ1v) is 7.30. The smallest absolute Gasteiger partial charge is 0.192 e. The van der Waals surface area contributed by atoms with E-state index in [1.165, 1.54) is 5.56 Å². The molecule has 1 N–H and O–H groups in total. The molecule has 1 unspecified atom stereocenters. The molecule has 0 radical (unpaired) electrons. The van der Waals surface area contributed by atoms with Crippen LogP contribution in [0.2, 0.25) is 0 Å². The molecule has 4 heteroatoms. The van der Waals surface area contributed by atoms with Crippen LogP contribution in [-0.4, -0.2) is 4.98 Å². The molecule has 3 rings (SSSR count). The van der Waals surface area contributed by atoms with Gasteiger partial charge in [0.2, 0.25) is 0 Å². The summed E-state index contributed by atoms with van der Waals surface area (Å²) >= 11 is 3.45. The van der Waals surface area contributed by atoms with Crippen molar-refractivity contribution in [3.63, 3.8) is 0 Å². The molecule has 0 aliphatic carbocycles. The molecular formula is C16H15BrN2O. The van der Waals surface area contributed by atoms with Crippen LogP contribution in [0.25, 0.3) is 11.1 Å². The third-order valence-corrected chi connectivity index (χ3v) is 3.78. The van der Waals surface area contributed by atoms with E-state index in [1.807, 2.05) is 25.1 Å². The minimum absolute atomic E-state index is 0.230. The van der Waals surface area contributed by atoms with Gasteiger partial charge in [0.15, 0.2) is 11.5 Å². The molecule has 3 nitrogen and oxygen atoms in total. The van der Waals surface area contributed by atoms with Gasteiger partial charge < -0.3 is 9.73 Å². The summed E-state index contributed by atoms with van der Waals surface area (Å²) in [5.74, 6) is 0.693. The van der Waals surface area contributed by atoms with Gasteiger partial charge in [-0.15, -0.1) is 0 Å². The maximum atomic E-state index is 5.48. The number of benzene rings is 2. The number of oxazole rings is 1. The van der Waals surface area contributed by atoms with Crippen molar-refractivity contribution in [3.8, 4) is 0 Å². The zero-order valence-corrected chi connectivity index (χ0v) is 12.9. The van der Waals surface area contributed by atoms with E-state index in [0.717, 1.165) is 21.3 Å². The van der Waals surface area contributed by atoms with E-state index in [0.29, 0.717) is 5.89 Å². The molecular weight excluding hydrogens is 316 g/mol. The van der Waals surface area contributed by atoms with Crippen molar-refractivity contribution in [3.05, 3.63) is 58.4 Å². The first-order chi connectivity index (χ1) is 9.61. The number of halogens is 1. The molecule has 0 spiro atoms. The Morgan fingerprint density at radius 3 is 2.65 bits per heavy atom. The quantitative estimate of drug-likeness (QED) is 0.728. The summed E-state index contributed by atoms with van der Waals surface area (Å²) in [4.78, 5) is 4.35. The molecule has 0 bridgehead atoms. The van der Waals surface area contributed by atoms with E-state index in [2.05, 4.69) is 57.4 Å². The SMILES string of the molecule is Cc1nc2cc(NC(C)c3ccc(Br)cc3)ccc2o1. The average Bonchev–Trinajstić information content (AvgIpc) is 2.78. The Morgan fingerprint density at radius 1 is 1.15 bits per heavy atom. The largest absolute Gasteiger partial charge is 0.441 e. The van der Waals surface area contributed by atoms with Crippen LogP contribution in [-0.2, 0) is 0 Å². The summed E-state index contributed by atoms with van der Waals surface area (Å²) in [5, 5.41) is 3.48. The van der Waals surface area contributed by atoms with Crippen LogP contribution in [0.5, 0.6) is 0 Å². The molecule has 1 heterocycles. The molecule has 0 fully saturated rings. The second-order valence-electron chi connectivity index (χ2n) is 4.83. The zero-order valence-electron chi connectivity index (χ0n) is 11.4. The second kappa shape index (κ2) is 5.29. The van der Waals surface area contributed by atoms with Crippen molar-refractivity contribution in [2.75, 3.05) is 5.32 Å². The van der Waals surface area contributed by atoms with E-state index in [1.54, 1.807) is 0 Å². The number of nitrogens with zero attached hydrogens (tertiary/aromatic N) is 1. The van der Waals surface area contributed by atoms with E-state index in [9.17, 15) is 0 Å². The first kappa shape index (κ1) is 13.2. The highest BCUT2D eigenvalue weighted by molar-refractivity contribution is 9.10. The van der Waals surface area contributed by atoms with Crippen molar-refractivity contribution in [2.24, 2.45) is 0 Å². The van der Waals surface area contributed by atoms with Gasteiger partial charge in [0.1, 0.15) is 5.52 Å². The van der Waals surface area contributed by atoms with Gasteiger partial charge in [0.05, 0.1) is 0 Å². The molecule has 1 aromatic heterocycles. The fourth-order valence-electron chi connectivity index (χ4n) is 2.22. The Bertz CT molecular complexity index is 734. The van der Waals surface area contributed by atoms with Crippen molar-refractivity contribution in [1.29, 1.82) is 0 Å². The first-order valence-electron chi connectivity index (χ1n) is 6.51. The fourth-order valence-corrected chi connectivity index (χ4v) is 2.48.